The lowest BCUT2D eigenvalue weighted by molar-refractivity contribution is 0.201. The Hall–Kier alpha value is -4.01. The first-order valence-electron chi connectivity index (χ1n) is 9.93. The van der Waals surface area contributed by atoms with Crippen molar-refractivity contribution >= 4 is 23.1 Å². The molecule has 8 heteroatoms. The number of phenols is 1. The highest BCUT2D eigenvalue weighted by atomic mass is 16.5. The summed E-state index contributed by atoms with van der Waals surface area (Å²) in [6.45, 7) is -0.393. The summed E-state index contributed by atoms with van der Waals surface area (Å²) in [6.07, 6.45) is 6.26. The number of aromatic nitrogens is 3. The van der Waals surface area contributed by atoms with Gasteiger partial charge >= 0.3 is 0 Å². The van der Waals surface area contributed by atoms with Crippen molar-refractivity contribution in [2.24, 2.45) is 0 Å². The van der Waals surface area contributed by atoms with Gasteiger partial charge in [0.2, 0.25) is 0 Å². The third kappa shape index (κ3) is 4.09. The average molecular weight is 431 g/mol. The van der Waals surface area contributed by atoms with Crippen molar-refractivity contribution in [2.75, 3.05) is 13.2 Å². The third-order valence-corrected chi connectivity index (χ3v) is 4.89. The van der Waals surface area contributed by atoms with E-state index in [0.717, 1.165) is 0 Å². The van der Waals surface area contributed by atoms with Crippen molar-refractivity contribution in [1.29, 1.82) is 0 Å². The van der Waals surface area contributed by atoms with Crippen molar-refractivity contribution < 1.29 is 20.1 Å². The van der Waals surface area contributed by atoms with Gasteiger partial charge in [0.1, 0.15) is 23.9 Å². The SMILES string of the molecule is O=c1c2ccncc2nc(/C=C/c2cccc(CO)c2O)n1-c1ccccc1OCCO. The summed E-state index contributed by atoms with van der Waals surface area (Å²) in [6, 6.07) is 13.6. The minimum absolute atomic E-state index is 0.0470. The van der Waals surface area contributed by atoms with Crippen LogP contribution in [0, 0.1) is 0 Å². The number of aliphatic hydroxyl groups is 2. The zero-order valence-corrected chi connectivity index (χ0v) is 17.0. The zero-order chi connectivity index (χ0) is 22.5. The predicted molar refractivity (Wildman–Crippen MR) is 121 cm³/mol. The van der Waals surface area contributed by atoms with E-state index >= 15 is 0 Å². The smallest absolute Gasteiger partial charge is 0.266 e. The number of ether oxygens (including phenoxy) is 1. The molecule has 2 aromatic carbocycles. The number of pyridine rings is 1. The molecule has 3 N–H and O–H groups in total. The van der Waals surface area contributed by atoms with Crippen LogP contribution in [0.2, 0.25) is 0 Å². The van der Waals surface area contributed by atoms with Gasteiger partial charge in [-0.1, -0.05) is 30.3 Å². The minimum atomic E-state index is -0.314. The van der Waals surface area contributed by atoms with Gasteiger partial charge in [0.15, 0.2) is 0 Å². The molecule has 2 aromatic heterocycles. The van der Waals surface area contributed by atoms with Crippen molar-refractivity contribution in [1.82, 2.24) is 14.5 Å². The van der Waals surface area contributed by atoms with Crippen LogP contribution in [-0.4, -0.2) is 43.1 Å². The number of benzene rings is 2. The largest absolute Gasteiger partial charge is 0.507 e. The second-order valence-electron chi connectivity index (χ2n) is 6.89. The van der Waals surface area contributed by atoms with Gasteiger partial charge in [-0.3, -0.25) is 14.3 Å². The number of nitrogens with zero attached hydrogens (tertiary/aromatic N) is 3. The quantitative estimate of drug-likeness (QED) is 0.412. The maximum absolute atomic E-state index is 13.4. The molecular formula is C24H21N3O5. The van der Waals surface area contributed by atoms with E-state index in [4.69, 9.17) is 9.84 Å². The molecule has 4 rings (SSSR count). The van der Waals surface area contributed by atoms with Crippen LogP contribution in [0.25, 0.3) is 28.7 Å². The molecule has 0 amide bonds. The van der Waals surface area contributed by atoms with Gasteiger partial charge in [-0.15, -0.1) is 0 Å². The number of rotatable bonds is 7. The molecule has 0 saturated heterocycles. The van der Waals surface area contributed by atoms with Gasteiger partial charge in [-0.25, -0.2) is 4.98 Å². The lowest BCUT2D eigenvalue weighted by Gasteiger charge is -2.15. The molecule has 2 heterocycles. The Kier molecular flexibility index (Phi) is 6.25. The van der Waals surface area contributed by atoms with Crippen molar-refractivity contribution in [3.63, 3.8) is 0 Å². The minimum Gasteiger partial charge on any atom is -0.507 e. The highest BCUT2D eigenvalue weighted by Crippen LogP contribution is 2.26. The number of para-hydroxylation sites is 3. The van der Waals surface area contributed by atoms with Gasteiger partial charge in [0.25, 0.3) is 5.56 Å². The maximum atomic E-state index is 13.4. The van der Waals surface area contributed by atoms with Crippen LogP contribution < -0.4 is 10.3 Å². The van der Waals surface area contributed by atoms with Gasteiger partial charge in [0, 0.05) is 17.3 Å². The van der Waals surface area contributed by atoms with E-state index in [1.165, 1.54) is 17.0 Å². The van der Waals surface area contributed by atoms with E-state index in [-0.39, 0.29) is 31.1 Å². The fraction of sp³-hybridized carbons (Fsp3) is 0.125. The first-order valence-corrected chi connectivity index (χ1v) is 9.93. The molecule has 32 heavy (non-hydrogen) atoms. The number of fused-ring (bicyclic) bond motifs is 1. The molecule has 0 aliphatic heterocycles. The van der Waals surface area contributed by atoms with E-state index in [1.54, 1.807) is 60.7 Å². The van der Waals surface area contributed by atoms with E-state index in [0.29, 0.717) is 39.3 Å². The molecule has 0 bridgehead atoms. The van der Waals surface area contributed by atoms with Crippen molar-refractivity contribution in [2.45, 2.75) is 6.61 Å². The van der Waals surface area contributed by atoms with Crippen LogP contribution in [0.4, 0.5) is 0 Å². The second-order valence-corrected chi connectivity index (χ2v) is 6.89. The molecule has 0 unspecified atom stereocenters. The van der Waals surface area contributed by atoms with E-state index < -0.39 is 0 Å². The van der Waals surface area contributed by atoms with Crippen molar-refractivity contribution in [3.8, 4) is 17.2 Å². The second kappa shape index (κ2) is 9.42. The number of hydrogen-bond donors (Lipinski definition) is 3. The summed E-state index contributed by atoms with van der Waals surface area (Å²) in [7, 11) is 0. The van der Waals surface area contributed by atoms with E-state index in [1.807, 2.05) is 0 Å². The summed E-state index contributed by atoms with van der Waals surface area (Å²) in [4.78, 5) is 22.1. The molecule has 4 aromatic rings. The average Bonchev–Trinajstić information content (AvgIpc) is 2.82. The van der Waals surface area contributed by atoms with Gasteiger partial charge < -0.3 is 20.1 Å². The summed E-state index contributed by atoms with van der Waals surface area (Å²) in [5, 5.41) is 29.3. The first kappa shape index (κ1) is 21.2. The first-order chi connectivity index (χ1) is 15.6. The fourth-order valence-electron chi connectivity index (χ4n) is 3.36. The lowest BCUT2D eigenvalue weighted by Crippen LogP contribution is -2.23. The monoisotopic (exact) mass is 431 g/mol. The van der Waals surface area contributed by atoms with Crippen molar-refractivity contribution in [3.05, 3.63) is 88.2 Å². The molecule has 162 valence electrons. The summed E-state index contributed by atoms with van der Waals surface area (Å²) >= 11 is 0. The molecule has 0 fully saturated rings. The van der Waals surface area contributed by atoms with Crippen LogP contribution in [-0.2, 0) is 6.61 Å². The Morgan fingerprint density at radius 3 is 2.69 bits per heavy atom. The Morgan fingerprint density at radius 2 is 1.88 bits per heavy atom. The van der Waals surface area contributed by atoms with E-state index in [9.17, 15) is 15.0 Å². The van der Waals surface area contributed by atoms with Crippen LogP contribution in [0.5, 0.6) is 11.5 Å². The zero-order valence-electron chi connectivity index (χ0n) is 17.0. The van der Waals surface area contributed by atoms with Gasteiger partial charge in [0.05, 0.1) is 36.0 Å². The number of aliphatic hydroxyl groups excluding tert-OH is 2. The summed E-state index contributed by atoms with van der Waals surface area (Å²) in [5.74, 6) is 0.664. The lowest BCUT2D eigenvalue weighted by atomic mass is 10.1. The molecule has 0 aliphatic rings. The van der Waals surface area contributed by atoms with Crippen LogP contribution in [0.15, 0.2) is 65.7 Å². The summed E-state index contributed by atoms with van der Waals surface area (Å²) in [5.41, 5.74) is 1.43. The molecule has 0 saturated carbocycles. The van der Waals surface area contributed by atoms with Gasteiger partial charge in [-0.2, -0.15) is 0 Å². The molecule has 0 spiro atoms. The van der Waals surface area contributed by atoms with Crippen LogP contribution in [0.1, 0.15) is 17.0 Å². The normalized spacial score (nSPS) is 11.3. The number of hydrogen-bond acceptors (Lipinski definition) is 7. The fourth-order valence-corrected chi connectivity index (χ4v) is 3.36. The Morgan fingerprint density at radius 1 is 1.03 bits per heavy atom. The molecule has 8 nitrogen and oxygen atoms in total. The molecule has 0 aliphatic carbocycles. The Labute approximate surface area is 183 Å². The topological polar surface area (TPSA) is 118 Å². The highest BCUT2D eigenvalue weighted by Gasteiger charge is 2.15. The third-order valence-electron chi connectivity index (χ3n) is 4.89. The van der Waals surface area contributed by atoms with E-state index in [2.05, 4.69) is 9.97 Å². The molecular weight excluding hydrogens is 410 g/mol. The maximum Gasteiger partial charge on any atom is 0.266 e. The van der Waals surface area contributed by atoms with Crippen LogP contribution in [0.3, 0.4) is 0 Å². The highest BCUT2D eigenvalue weighted by molar-refractivity contribution is 5.80. The number of aromatic hydroxyl groups is 1. The molecule has 0 atom stereocenters. The standard InChI is InChI=1S/C24H21N3O5/c28-12-13-32-21-7-2-1-6-20(21)27-22(26-19-14-25-11-10-18(19)24(27)31)9-8-16-4-3-5-17(15-29)23(16)30/h1-11,14,28-30H,12-13,15H2/b9-8+. The Bertz CT molecular complexity index is 1350. The molecule has 0 radical (unpaired) electrons. The van der Waals surface area contributed by atoms with Gasteiger partial charge in [-0.05, 0) is 30.4 Å². The Balaban J connectivity index is 1.93. The summed E-state index contributed by atoms with van der Waals surface area (Å²) < 4.78 is 7.05. The van der Waals surface area contributed by atoms with Crippen LogP contribution >= 0.6 is 0 Å². The predicted octanol–water partition coefficient (Wildman–Crippen LogP) is 2.52.